The molecule has 35 heavy (non-hydrogen) atoms. The molecule has 5 rings (SSSR count). The number of carbonyl (C=O) groups excluding carboxylic acids is 1. The minimum absolute atomic E-state index is 0.109. The highest BCUT2D eigenvalue weighted by atomic mass is 35.5. The fraction of sp³-hybridized carbons (Fsp3) is 0.333. The minimum Gasteiger partial charge on any atom is -0.339 e. The molecule has 0 radical (unpaired) electrons. The van der Waals surface area contributed by atoms with Gasteiger partial charge in [-0.2, -0.15) is 4.98 Å². The van der Waals surface area contributed by atoms with Gasteiger partial charge in [-0.15, -0.1) is 11.3 Å². The number of anilines is 1. The van der Waals surface area contributed by atoms with E-state index in [9.17, 15) is 14.4 Å². The summed E-state index contributed by atoms with van der Waals surface area (Å²) in [6.45, 7) is 2.67. The Balaban J connectivity index is 1.48. The van der Waals surface area contributed by atoms with Gasteiger partial charge in [-0.3, -0.25) is 23.3 Å². The molecule has 11 heteroatoms. The van der Waals surface area contributed by atoms with Gasteiger partial charge in [0.25, 0.3) is 5.56 Å². The molecule has 4 heterocycles. The van der Waals surface area contributed by atoms with Crippen molar-refractivity contribution in [2.45, 2.75) is 13.0 Å². The second kappa shape index (κ2) is 9.35. The van der Waals surface area contributed by atoms with Crippen molar-refractivity contribution in [2.75, 3.05) is 31.1 Å². The maximum atomic E-state index is 13.2. The Morgan fingerprint density at radius 1 is 1.03 bits per heavy atom. The molecule has 1 aliphatic heterocycles. The van der Waals surface area contributed by atoms with Gasteiger partial charge in [-0.1, -0.05) is 29.8 Å². The van der Waals surface area contributed by atoms with Crippen LogP contribution in [0.25, 0.3) is 11.2 Å². The summed E-state index contributed by atoms with van der Waals surface area (Å²) in [5.74, 6) is 0.719. The molecule has 1 aromatic carbocycles. The van der Waals surface area contributed by atoms with Gasteiger partial charge in [0.2, 0.25) is 11.9 Å². The lowest BCUT2D eigenvalue weighted by molar-refractivity contribution is -0.130. The molecule has 9 nitrogen and oxygen atoms in total. The van der Waals surface area contributed by atoms with Crippen LogP contribution in [0.5, 0.6) is 0 Å². The number of rotatable bonds is 5. The third kappa shape index (κ3) is 4.39. The lowest BCUT2D eigenvalue weighted by Crippen LogP contribution is -2.50. The van der Waals surface area contributed by atoms with E-state index in [1.165, 1.54) is 11.6 Å². The van der Waals surface area contributed by atoms with E-state index in [1.54, 1.807) is 18.4 Å². The first-order chi connectivity index (χ1) is 16.8. The predicted molar refractivity (Wildman–Crippen MR) is 138 cm³/mol. The van der Waals surface area contributed by atoms with E-state index in [-0.39, 0.29) is 11.5 Å². The Morgan fingerprint density at radius 2 is 1.74 bits per heavy atom. The first-order valence-corrected chi connectivity index (χ1v) is 12.5. The molecule has 0 spiro atoms. The molecule has 0 N–H and O–H groups in total. The quantitative estimate of drug-likeness (QED) is 0.409. The number of piperazine rings is 1. The van der Waals surface area contributed by atoms with Gasteiger partial charge in [0.05, 0.1) is 13.0 Å². The molecule has 1 amide bonds. The van der Waals surface area contributed by atoms with E-state index in [0.29, 0.717) is 61.3 Å². The second-order valence-corrected chi connectivity index (χ2v) is 10.1. The van der Waals surface area contributed by atoms with Crippen LogP contribution in [-0.2, 0) is 31.9 Å². The molecule has 0 atom stereocenters. The monoisotopic (exact) mass is 512 g/mol. The van der Waals surface area contributed by atoms with E-state index >= 15 is 0 Å². The van der Waals surface area contributed by atoms with Crippen molar-refractivity contribution >= 4 is 46.0 Å². The van der Waals surface area contributed by atoms with E-state index in [0.717, 1.165) is 15.0 Å². The van der Waals surface area contributed by atoms with Crippen molar-refractivity contribution in [3.05, 3.63) is 78.1 Å². The van der Waals surface area contributed by atoms with Crippen LogP contribution in [0.4, 0.5) is 5.95 Å². The maximum absolute atomic E-state index is 13.2. The average molecular weight is 513 g/mol. The Bertz CT molecular complexity index is 1500. The van der Waals surface area contributed by atoms with Crippen LogP contribution in [0, 0.1) is 0 Å². The second-order valence-electron chi connectivity index (χ2n) is 8.63. The third-order valence-corrected chi connectivity index (χ3v) is 7.53. The summed E-state index contributed by atoms with van der Waals surface area (Å²) >= 11 is 7.64. The lowest BCUT2D eigenvalue weighted by atomic mass is 10.2. The number of nitrogens with zero attached hydrogens (tertiary/aromatic N) is 6. The Kier molecular flexibility index (Phi) is 6.24. The van der Waals surface area contributed by atoms with Crippen molar-refractivity contribution in [3.8, 4) is 0 Å². The predicted octanol–water partition coefficient (Wildman–Crippen LogP) is 2.09. The number of imidazole rings is 1. The minimum atomic E-state index is -0.422. The fourth-order valence-corrected chi connectivity index (χ4v) is 5.25. The Labute approximate surface area is 210 Å². The zero-order chi connectivity index (χ0) is 24.7. The molecule has 182 valence electrons. The van der Waals surface area contributed by atoms with Gasteiger partial charge in [-0.25, -0.2) is 4.79 Å². The van der Waals surface area contributed by atoms with E-state index in [2.05, 4.69) is 4.90 Å². The van der Waals surface area contributed by atoms with Crippen LogP contribution >= 0.6 is 22.9 Å². The summed E-state index contributed by atoms with van der Waals surface area (Å²) in [4.78, 5) is 48.2. The van der Waals surface area contributed by atoms with Gasteiger partial charge >= 0.3 is 5.69 Å². The molecule has 4 aromatic rings. The van der Waals surface area contributed by atoms with Crippen molar-refractivity contribution in [1.82, 2.24) is 23.6 Å². The molecular formula is C24H25ClN6O3S. The van der Waals surface area contributed by atoms with Crippen molar-refractivity contribution < 1.29 is 4.79 Å². The van der Waals surface area contributed by atoms with Crippen LogP contribution in [0.3, 0.4) is 0 Å². The molecule has 0 unspecified atom stereocenters. The Hall–Kier alpha value is -3.37. The molecule has 1 fully saturated rings. The molecule has 1 saturated heterocycles. The standard InChI is InChI=1S/C24H25ClN6O3S/c1-27-21-20(22(33)28(2)24(27)34)31(15-16-5-7-17(25)8-6-16)23(26-21)30-11-9-29(10-12-30)19(32)14-18-4-3-13-35-18/h3-8,13H,9-12,14-15H2,1-2H3. The maximum Gasteiger partial charge on any atom is 0.332 e. The number of fused-ring (bicyclic) bond motifs is 1. The lowest BCUT2D eigenvalue weighted by Gasteiger charge is -2.35. The van der Waals surface area contributed by atoms with Gasteiger partial charge in [0, 0.05) is 50.2 Å². The number of hydrogen-bond donors (Lipinski definition) is 0. The van der Waals surface area contributed by atoms with Crippen LogP contribution < -0.4 is 16.1 Å². The fourth-order valence-electron chi connectivity index (χ4n) is 4.43. The van der Waals surface area contributed by atoms with Crippen LogP contribution in [-0.4, -0.2) is 55.7 Å². The molecule has 1 aliphatic rings. The number of halogens is 1. The zero-order valence-corrected chi connectivity index (χ0v) is 21.1. The number of benzene rings is 1. The summed E-state index contributed by atoms with van der Waals surface area (Å²) in [6, 6.07) is 11.4. The summed E-state index contributed by atoms with van der Waals surface area (Å²) < 4.78 is 4.37. The van der Waals surface area contributed by atoms with Crippen LogP contribution in [0.2, 0.25) is 5.02 Å². The molecule has 0 aliphatic carbocycles. The van der Waals surface area contributed by atoms with Crippen molar-refractivity contribution in [1.29, 1.82) is 0 Å². The first-order valence-electron chi connectivity index (χ1n) is 11.3. The van der Waals surface area contributed by atoms with E-state index in [4.69, 9.17) is 16.6 Å². The van der Waals surface area contributed by atoms with E-state index < -0.39 is 5.69 Å². The number of aromatic nitrogens is 4. The summed E-state index contributed by atoms with van der Waals surface area (Å²) in [6.07, 6.45) is 0.408. The molecule has 0 bridgehead atoms. The highest BCUT2D eigenvalue weighted by molar-refractivity contribution is 7.10. The first kappa shape index (κ1) is 23.4. The number of carbonyl (C=O) groups is 1. The highest BCUT2D eigenvalue weighted by Gasteiger charge is 2.27. The molecular weight excluding hydrogens is 488 g/mol. The topological polar surface area (TPSA) is 85.4 Å². The molecule has 0 saturated carbocycles. The normalized spacial score (nSPS) is 14.1. The number of hydrogen-bond acceptors (Lipinski definition) is 6. The van der Waals surface area contributed by atoms with Crippen molar-refractivity contribution in [2.24, 2.45) is 14.1 Å². The average Bonchev–Trinajstić information content (AvgIpc) is 3.51. The van der Waals surface area contributed by atoms with Crippen LogP contribution in [0.15, 0.2) is 51.4 Å². The Morgan fingerprint density at radius 3 is 2.40 bits per heavy atom. The summed E-state index contributed by atoms with van der Waals surface area (Å²) in [5, 5.41) is 2.61. The zero-order valence-electron chi connectivity index (χ0n) is 19.5. The summed E-state index contributed by atoms with van der Waals surface area (Å²) in [5.41, 5.74) is 0.861. The number of aryl methyl sites for hydroxylation is 1. The number of amides is 1. The summed E-state index contributed by atoms with van der Waals surface area (Å²) in [7, 11) is 3.09. The van der Waals surface area contributed by atoms with Crippen molar-refractivity contribution in [3.63, 3.8) is 0 Å². The van der Waals surface area contributed by atoms with Gasteiger partial charge < -0.3 is 9.80 Å². The van der Waals surface area contributed by atoms with Gasteiger partial charge in [0.15, 0.2) is 11.2 Å². The molecule has 3 aromatic heterocycles. The smallest absolute Gasteiger partial charge is 0.332 e. The third-order valence-electron chi connectivity index (χ3n) is 6.40. The largest absolute Gasteiger partial charge is 0.339 e. The number of thiophene rings is 1. The van der Waals surface area contributed by atoms with Gasteiger partial charge in [-0.05, 0) is 29.1 Å². The highest BCUT2D eigenvalue weighted by Crippen LogP contribution is 2.23. The van der Waals surface area contributed by atoms with Gasteiger partial charge in [0.1, 0.15) is 0 Å². The SMILES string of the molecule is Cn1c(=O)c2c(nc(N3CCN(C(=O)Cc4cccs4)CC3)n2Cc2ccc(Cl)cc2)n(C)c1=O. The van der Waals surface area contributed by atoms with Crippen LogP contribution in [0.1, 0.15) is 10.4 Å². The van der Waals surface area contributed by atoms with E-state index in [1.807, 2.05) is 51.2 Å².